The van der Waals surface area contributed by atoms with Crippen LogP contribution in [0, 0.1) is 0 Å². The van der Waals surface area contributed by atoms with Crippen molar-refractivity contribution in [2.75, 3.05) is 0 Å². The van der Waals surface area contributed by atoms with E-state index in [2.05, 4.69) is 32.0 Å². The zero-order valence-corrected chi connectivity index (χ0v) is 12.0. The number of hydrogen-bond acceptors (Lipinski definition) is 2. The van der Waals surface area contributed by atoms with Gasteiger partial charge in [0.05, 0.1) is 0 Å². The van der Waals surface area contributed by atoms with Crippen molar-refractivity contribution in [2.45, 2.75) is 26.7 Å². The molecule has 0 bridgehead atoms. The van der Waals surface area contributed by atoms with Gasteiger partial charge < -0.3 is 0 Å². The molecule has 1 nitrogen and oxygen atoms in total. The van der Waals surface area contributed by atoms with Crippen LogP contribution in [0.2, 0.25) is 0 Å². The molecule has 2 aromatic carbocycles. The van der Waals surface area contributed by atoms with Gasteiger partial charge in [-0.3, -0.25) is 4.79 Å². The standard InChI is InChI=1S/C17H16OS/c1-3-11-8-9-15-14(10-11)16(18)13-7-5-6-12(4-2)17(13)19-15/h5-10H,3-4H2,1-2H3. The average molecular weight is 268 g/mol. The first-order valence-electron chi connectivity index (χ1n) is 6.72. The fraction of sp³-hybridized carbons (Fsp3) is 0.235. The average Bonchev–Trinajstić information content (AvgIpc) is 2.46. The molecule has 1 aromatic heterocycles. The first-order valence-corrected chi connectivity index (χ1v) is 7.53. The van der Waals surface area contributed by atoms with Crippen molar-refractivity contribution in [3.05, 3.63) is 57.7 Å². The van der Waals surface area contributed by atoms with E-state index in [1.165, 1.54) is 11.1 Å². The Morgan fingerprint density at radius 1 is 1.00 bits per heavy atom. The third-order valence-corrected chi connectivity index (χ3v) is 4.89. The molecule has 0 saturated carbocycles. The van der Waals surface area contributed by atoms with Crippen molar-refractivity contribution in [3.63, 3.8) is 0 Å². The summed E-state index contributed by atoms with van der Waals surface area (Å²) in [6, 6.07) is 12.3. The van der Waals surface area contributed by atoms with Gasteiger partial charge in [0.1, 0.15) is 0 Å². The molecule has 19 heavy (non-hydrogen) atoms. The Balaban J connectivity index is 2.48. The number of fused-ring (bicyclic) bond motifs is 2. The maximum Gasteiger partial charge on any atom is 0.195 e. The van der Waals surface area contributed by atoms with E-state index in [4.69, 9.17) is 0 Å². The van der Waals surface area contributed by atoms with Gasteiger partial charge in [-0.15, -0.1) is 11.3 Å². The van der Waals surface area contributed by atoms with Crippen LogP contribution in [-0.4, -0.2) is 0 Å². The quantitative estimate of drug-likeness (QED) is 0.624. The Bertz CT molecular complexity index is 808. The highest BCUT2D eigenvalue weighted by Gasteiger charge is 2.08. The molecule has 0 spiro atoms. The van der Waals surface area contributed by atoms with Gasteiger partial charge in [-0.2, -0.15) is 0 Å². The van der Waals surface area contributed by atoms with Gasteiger partial charge in [0.15, 0.2) is 5.43 Å². The molecule has 2 heteroatoms. The van der Waals surface area contributed by atoms with Crippen molar-refractivity contribution in [2.24, 2.45) is 0 Å². The van der Waals surface area contributed by atoms with E-state index in [1.807, 2.05) is 18.2 Å². The van der Waals surface area contributed by atoms with Crippen LogP contribution in [0.3, 0.4) is 0 Å². The lowest BCUT2D eigenvalue weighted by molar-refractivity contribution is 1.15. The van der Waals surface area contributed by atoms with Crippen molar-refractivity contribution >= 4 is 31.5 Å². The lowest BCUT2D eigenvalue weighted by Crippen LogP contribution is -2.02. The molecule has 0 aliphatic carbocycles. The molecule has 0 radical (unpaired) electrons. The van der Waals surface area contributed by atoms with Crippen molar-refractivity contribution in [1.82, 2.24) is 0 Å². The minimum absolute atomic E-state index is 0.175. The Labute approximate surface area is 116 Å². The second kappa shape index (κ2) is 4.78. The maximum absolute atomic E-state index is 12.6. The molecule has 96 valence electrons. The van der Waals surface area contributed by atoms with Crippen LogP contribution in [0.5, 0.6) is 0 Å². The van der Waals surface area contributed by atoms with E-state index in [0.717, 1.165) is 33.0 Å². The molecule has 3 aromatic rings. The lowest BCUT2D eigenvalue weighted by atomic mass is 10.1. The first kappa shape index (κ1) is 12.4. The maximum atomic E-state index is 12.6. The number of benzene rings is 2. The van der Waals surface area contributed by atoms with Crippen LogP contribution in [0.15, 0.2) is 41.2 Å². The summed E-state index contributed by atoms with van der Waals surface area (Å²) < 4.78 is 2.24. The second-order valence-corrected chi connectivity index (χ2v) is 5.81. The molecule has 0 amide bonds. The molecule has 0 saturated heterocycles. The zero-order valence-electron chi connectivity index (χ0n) is 11.2. The number of hydrogen-bond donors (Lipinski definition) is 0. The molecular formula is C17H16OS. The fourth-order valence-corrected chi connectivity index (χ4v) is 3.71. The van der Waals surface area contributed by atoms with Gasteiger partial charge in [-0.25, -0.2) is 0 Å². The Hall–Kier alpha value is -1.67. The van der Waals surface area contributed by atoms with Crippen LogP contribution in [0.1, 0.15) is 25.0 Å². The van der Waals surface area contributed by atoms with Gasteiger partial charge in [0.25, 0.3) is 0 Å². The topological polar surface area (TPSA) is 17.1 Å². The first-order chi connectivity index (χ1) is 9.24. The predicted octanol–water partition coefficient (Wildman–Crippen LogP) is 4.54. The SMILES string of the molecule is CCc1ccc2sc3c(CC)cccc3c(=O)c2c1. The molecular weight excluding hydrogens is 252 g/mol. The normalized spacial score (nSPS) is 11.3. The minimum Gasteiger partial charge on any atom is -0.289 e. The molecule has 0 fully saturated rings. The third kappa shape index (κ3) is 1.96. The minimum atomic E-state index is 0.175. The van der Waals surface area contributed by atoms with Crippen LogP contribution >= 0.6 is 11.3 Å². The molecule has 0 N–H and O–H groups in total. The number of rotatable bonds is 2. The van der Waals surface area contributed by atoms with Crippen molar-refractivity contribution in [3.8, 4) is 0 Å². The van der Waals surface area contributed by atoms with Gasteiger partial charge in [-0.05, 0) is 42.2 Å². The summed E-state index contributed by atoms with van der Waals surface area (Å²) in [7, 11) is 0. The molecule has 1 heterocycles. The molecule has 0 aliphatic rings. The molecule has 0 unspecified atom stereocenters. The summed E-state index contributed by atoms with van der Waals surface area (Å²) in [6.07, 6.45) is 1.93. The highest BCUT2D eigenvalue weighted by atomic mass is 32.1. The van der Waals surface area contributed by atoms with Crippen LogP contribution in [-0.2, 0) is 12.8 Å². The Kier molecular flexibility index (Phi) is 3.11. The largest absolute Gasteiger partial charge is 0.289 e. The summed E-state index contributed by atoms with van der Waals surface area (Å²) in [6.45, 7) is 4.25. The summed E-state index contributed by atoms with van der Waals surface area (Å²) >= 11 is 1.74. The molecule has 0 aliphatic heterocycles. The number of aryl methyl sites for hydroxylation is 2. The van der Waals surface area contributed by atoms with Crippen molar-refractivity contribution in [1.29, 1.82) is 0 Å². The van der Waals surface area contributed by atoms with Crippen LogP contribution in [0.4, 0.5) is 0 Å². The van der Waals surface area contributed by atoms with Crippen molar-refractivity contribution < 1.29 is 0 Å². The zero-order chi connectivity index (χ0) is 13.4. The van der Waals surface area contributed by atoms with E-state index in [-0.39, 0.29) is 5.43 Å². The fourth-order valence-electron chi connectivity index (χ4n) is 2.48. The van der Waals surface area contributed by atoms with E-state index >= 15 is 0 Å². The summed E-state index contributed by atoms with van der Waals surface area (Å²) in [5, 5.41) is 1.73. The Morgan fingerprint density at radius 3 is 2.58 bits per heavy atom. The van der Waals surface area contributed by atoms with Gasteiger partial charge in [-0.1, -0.05) is 32.0 Å². The van der Waals surface area contributed by atoms with Gasteiger partial charge >= 0.3 is 0 Å². The molecule has 3 rings (SSSR count). The Morgan fingerprint density at radius 2 is 1.84 bits per heavy atom. The van der Waals surface area contributed by atoms with Crippen LogP contribution < -0.4 is 5.43 Å². The third-order valence-electron chi connectivity index (χ3n) is 3.63. The van der Waals surface area contributed by atoms with Gasteiger partial charge in [0, 0.05) is 20.2 Å². The van der Waals surface area contributed by atoms with E-state index in [1.54, 1.807) is 11.3 Å². The highest BCUT2D eigenvalue weighted by molar-refractivity contribution is 7.24. The monoisotopic (exact) mass is 268 g/mol. The lowest BCUT2D eigenvalue weighted by Gasteiger charge is -2.06. The summed E-state index contributed by atoms with van der Waals surface area (Å²) in [5.74, 6) is 0. The van der Waals surface area contributed by atoms with Gasteiger partial charge in [0.2, 0.25) is 0 Å². The predicted molar refractivity (Wildman–Crippen MR) is 84.4 cm³/mol. The highest BCUT2D eigenvalue weighted by Crippen LogP contribution is 2.28. The van der Waals surface area contributed by atoms with E-state index in [9.17, 15) is 4.79 Å². The summed E-state index contributed by atoms with van der Waals surface area (Å²) in [4.78, 5) is 12.6. The van der Waals surface area contributed by atoms with E-state index < -0.39 is 0 Å². The molecule has 0 atom stereocenters. The van der Waals surface area contributed by atoms with E-state index in [0.29, 0.717) is 0 Å². The van der Waals surface area contributed by atoms with Crippen LogP contribution in [0.25, 0.3) is 20.2 Å². The smallest absolute Gasteiger partial charge is 0.195 e. The second-order valence-electron chi connectivity index (χ2n) is 4.76. The summed E-state index contributed by atoms with van der Waals surface area (Å²) in [5.41, 5.74) is 2.67.